The number of rotatable bonds is 5. The van der Waals surface area contributed by atoms with Crippen molar-refractivity contribution in [1.82, 2.24) is 29.4 Å². The van der Waals surface area contributed by atoms with E-state index in [1.807, 2.05) is 0 Å². The molecule has 0 aromatic carbocycles. The number of carbonyl (C=O) groups is 1. The van der Waals surface area contributed by atoms with E-state index in [4.69, 9.17) is 0 Å². The highest BCUT2D eigenvalue weighted by Gasteiger charge is 2.26. The van der Waals surface area contributed by atoms with Gasteiger partial charge >= 0.3 is 0 Å². The highest BCUT2D eigenvalue weighted by atomic mass is 16.2. The predicted molar refractivity (Wildman–Crippen MR) is 92.3 cm³/mol. The van der Waals surface area contributed by atoms with Gasteiger partial charge in [0.1, 0.15) is 11.5 Å². The monoisotopic (exact) mass is 344 g/mol. The van der Waals surface area contributed by atoms with Crippen molar-refractivity contribution in [1.29, 1.82) is 0 Å². The van der Waals surface area contributed by atoms with Crippen LogP contribution in [-0.4, -0.2) is 41.9 Å². The molecule has 0 saturated carbocycles. The molecule has 0 bridgehead atoms. The van der Waals surface area contributed by atoms with Crippen LogP contribution in [-0.2, 0) is 19.6 Å². The second-order valence-corrected chi connectivity index (χ2v) is 6.64. The maximum Gasteiger partial charge on any atom is 0.274 e. The maximum atomic E-state index is 12.8. The third-order valence-electron chi connectivity index (χ3n) is 4.39. The van der Waals surface area contributed by atoms with E-state index in [2.05, 4.69) is 40.6 Å². The Labute approximate surface area is 146 Å². The molecule has 25 heavy (non-hydrogen) atoms. The Morgan fingerprint density at radius 2 is 2.04 bits per heavy atom. The van der Waals surface area contributed by atoms with E-state index in [9.17, 15) is 9.59 Å². The molecule has 2 aromatic heterocycles. The van der Waals surface area contributed by atoms with Crippen LogP contribution in [0.2, 0.25) is 0 Å². The van der Waals surface area contributed by atoms with E-state index in [0.29, 0.717) is 37.8 Å². The predicted octanol–water partition coefficient (Wildman–Crippen LogP) is 1.41. The van der Waals surface area contributed by atoms with Crippen LogP contribution in [0.3, 0.4) is 0 Å². The van der Waals surface area contributed by atoms with E-state index in [0.717, 1.165) is 24.5 Å². The highest BCUT2D eigenvalue weighted by molar-refractivity contribution is 5.92. The van der Waals surface area contributed by atoms with Crippen LogP contribution in [0.5, 0.6) is 0 Å². The Balaban J connectivity index is 1.79. The molecule has 0 atom stereocenters. The molecule has 2 aromatic rings. The number of nitrogens with zero attached hydrogens (tertiary/aromatic N) is 6. The van der Waals surface area contributed by atoms with Gasteiger partial charge < -0.3 is 9.47 Å². The summed E-state index contributed by atoms with van der Waals surface area (Å²) in [4.78, 5) is 26.4. The highest BCUT2D eigenvalue weighted by Crippen LogP contribution is 2.19. The van der Waals surface area contributed by atoms with Gasteiger partial charge in [-0.3, -0.25) is 9.59 Å². The molecule has 1 aliphatic rings. The molecular formula is C17H24N6O2. The van der Waals surface area contributed by atoms with Crippen LogP contribution in [0.25, 0.3) is 0 Å². The van der Waals surface area contributed by atoms with Gasteiger partial charge in [0.25, 0.3) is 11.5 Å². The largest absolute Gasteiger partial charge is 0.328 e. The summed E-state index contributed by atoms with van der Waals surface area (Å²) in [6.07, 6.45) is 1.82. The number of aryl methyl sites for hydroxylation is 1. The second kappa shape index (κ2) is 7.16. The average molecular weight is 344 g/mol. The summed E-state index contributed by atoms with van der Waals surface area (Å²) in [5, 5.41) is 12.7. The van der Waals surface area contributed by atoms with Gasteiger partial charge in [-0.25, -0.2) is 4.68 Å². The first-order chi connectivity index (χ1) is 12.0. The number of hydrogen-bond acceptors (Lipinski definition) is 5. The number of carbonyl (C=O) groups excluding carboxylic acids is 1. The van der Waals surface area contributed by atoms with Crippen LogP contribution >= 0.6 is 0 Å². The third kappa shape index (κ3) is 3.47. The van der Waals surface area contributed by atoms with Crippen molar-refractivity contribution in [2.24, 2.45) is 0 Å². The topological polar surface area (TPSA) is 85.9 Å². The SMILES string of the molecule is CCCCn1nc(C(=O)N2CCn3c(nnc3C(C)C)C2)ccc1=O. The Bertz CT molecular complexity index is 823. The molecule has 8 heteroatoms. The van der Waals surface area contributed by atoms with Crippen molar-refractivity contribution >= 4 is 5.91 Å². The lowest BCUT2D eigenvalue weighted by Gasteiger charge is -2.28. The van der Waals surface area contributed by atoms with Crippen LogP contribution in [0.1, 0.15) is 61.7 Å². The van der Waals surface area contributed by atoms with Crippen LogP contribution < -0.4 is 5.56 Å². The fraction of sp³-hybridized carbons (Fsp3) is 0.588. The van der Waals surface area contributed by atoms with Crippen molar-refractivity contribution in [3.8, 4) is 0 Å². The van der Waals surface area contributed by atoms with E-state index in [1.54, 1.807) is 4.90 Å². The molecule has 134 valence electrons. The fourth-order valence-electron chi connectivity index (χ4n) is 2.97. The van der Waals surface area contributed by atoms with E-state index in [-0.39, 0.29) is 11.5 Å². The molecule has 0 saturated heterocycles. The number of amides is 1. The summed E-state index contributed by atoms with van der Waals surface area (Å²) in [7, 11) is 0. The minimum Gasteiger partial charge on any atom is -0.328 e. The van der Waals surface area contributed by atoms with Gasteiger partial charge in [0, 0.05) is 31.6 Å². The second-order valence-electron chi connectivity index (χ2n) is 6.64. The lowest BCUT2D eigenvalue weighted by Crippen LogP contribution is -2.40. The molecule has 0 spiro atoms. The van der Waals surface area contributed by atoms with Gasteiger partial charge in [0.15, 0.2) is 5.82 Å². The summed E-state index contributed by atoms with van der Waals surface area (Å²) in [5.74, 6) is 1.87. The summed E-state index contributed by atoms with van der Waals surface area (Å²) < 4.78 is 3.46. The average Bonchev–Trinajstić information content (AvgIpc) is 3.03. The molecule has 0 fully saturated rings. The first-order valence-corrected chi connectivity index (χ1v) is 8.80. The Morgan fingerprint density at radius 1 is 1.24 bits per heavy atom. The molecule has 3 rings (SSSR count). The van der Waals surface area contributed by atoms with Crippen molar-refractivity contribution in [2.75, 3.05) is 6.54 Å². The number of aromatic nitrogens is 5. The Kier molecular flexibility index (Phi) is 4.96. The summed E-state index contributed by atoms with van der Waals surface area (Å²) in [6, 6.07) is 2.92. The van der Waals surface area contributed by atoms with Crippen LogP contribution in [0, 0.1) is 0 Å². The first kappa shape index (κ1) is 17.3. The van der Waals surface area contributed by atoms with Crippen molar-refractivity contribution in [3.05, 3.63) is 39.8 Å². The lowest BCUT2D eigenvalue weighted by atomic mass is 10.2. The number of hydrogen-bond donors (Lipinski definition) is 0. The molecule has 3 heterocycles. The quantitative estimate of drug-likeness (QED) is 0.819. The van der Waals surface area contributed by atoms with Crippen LogP contribution in [0.4, 0.5) is 0 Å². The molecule has 0 unspecified atom stereocenters. The normalized spacial score (nSPS) is 14.0. The van der Waals surface area contributed by atoms with Gasteiger partial charge in [-0.2, -0.15) is 5.10 Å². The van der Waals surface area contributed by atoms with Gasteiger partial charge in [0.05, 0.1) is 6.54 Å². The van der Waals surface area contributed by atoms with Gasteiger partial charge in [-0.1, -0.05) is 27.2 Å². The van der Waals surface area contributed by atoms with Gasteiger partial charge in [-0.05, 0) is 12.5 Å². The van der Waals surface area contributed by atoms with Crippen LogP contribution in [0.15, 0.2) is 16.9 Å². The molecule has 0 radical (unpaired) electrons. The number of unbranched alkanes of at least 4 members (excludes halogenated alkanes) is 1. The Morgan fingerprint density at radius 3 is 2.76 bits per heavy atom. The first-order valence-electron chi connectivity index (χ1n) is 8.80. The van der Waals surface area contributed by atoms with E-state index >= 15 is 0 Å². The van der Waals surface area contributed by atoms with Crippen molar-refractivity contribution in [3.63, 3.8) is 0 Å². The van der Waals surface area contributed by atoms with Gasteiger partial charge in [0.2, 0.25) is 0 Å². The molecule has 1 aliphatic heterocycles. The minimum absolute atomic E-state index is 0.175. The van der Waals surface area contributed by atoms with E-state index < -0.39 is 0 Å². The molecule has 1 amide bonds. The maximum absolute atomic E-state index is 12.8. The van der Waals surface area contributed by atoms with Crippen molar-refractivity contribution in [2.45, 2.75) is 59.2 Å². The van der Waals surface area contributed by atoms with Gasteiger partial charge in [-0.15, -0.1) is 10.2 Å². The molecule has 8 nitrogen and oxygen atoms in total. The fourth-order valence-corrected chi connectivity index (χ4v) is 2.97. The molecule has 0 N–H and O–H groups in total. The Hall–Kier alpha value is -2.51. The smallest absolute Gasteiger partial charge is 0.274 e. The number of fused-ring (bicyclic) bond motifs is 1. The molecule has 0 aliphatic carbocycles. The summed E-state index contributed by atoms with van der Waals surface area (Å²) in [5.41, 5.74) is 0.123. The summed E-state index contributed by atoms with van der Waals surface area (Å²) >= 11 is 0. The molecular weight excluding hydrogens is 320 g/mol. The standard InChI is InChI=1S/C17H24N6O2/c1-4-5-8-23-15(24)7-6-13(20-23)17(25)21-9-10-22-14(11-21)18-19-16(22)12(2)3/h6-7,12H,4-5,8-11H2,1-3H3. The third-order valence-corrected chi connectivity index (χ3v) is 4.39. The summed E-state index contributed by atoms with van der Waals surface area (Å²) in [6.45, 7) is 8.42. The van der Waals surface area contributed by atoms with Crippen molar-refractivity contribution < 1.29 is 4.79 Å². The zero-order valence-electron chi connectivity index (χ0n) is 15.0. The zero-order chi connectivity index (χ0) is 18.0. The minimum atomic E-state index is -0.176. The zero-order valence-corrected chi connectivity index (χ0v) is 15.0. The van der Waals surface area contributed by atoms with E-state index in [1.165, 1.54) is 16.8 Å². The lowest BCUT2D eigenvalue weighted by molar-refractivity contribution is 0.0697.